The van der Waals surface area contributed by atoms with Crippen molar-refractivity contribution in [3.8, 4) is 0 Å². The number of thiophene rings is 1. The molecule has 0 aliphatic rings. The molecule has 0 saturated carbocycles. The molecule has 7 heteroatoms. The maximum absolute atomic E-state index is 4.71. The average molecular weight is 478 g/mol. The molecule has 2 aromatic heterocycles. The number of guanidine groups is 1. The minimum atomic E-state index is 0. The smallest absolute Gasteiger partial charge is 0.191 e. The third kappa shape index (κ3) is 6.00. The first-order valence-corrected chi connectivity index (χ1v) is 9.61. The Labute approximate surface area is 170 Å². The zero-order valence-electron chi connectivity index (χ0n) is 15.0. The average Bonchev–Trinajstić information content (AvgIpc) is 3.12. The summed E-state index contributed by atoms with van der Waals surface area (Å²) in [5.41, 5.74) is 1.17. The van der Waals surface area contributed by atoms with Crippen molar-refractivity contribution < 1.29 is 0 Å². The Bertz CT molecular complexity index is 648. The number of halogens is 1. The third-order valence-corrected chi connectivity index (χ3v) is 5.90. The van der Waals surface area contributed by atoms with Gasteiger partial charge >= 0.3 is 0 Å². The number of thiazole rings is 1. The lowest BCUT2D eigenvalue weighted by Crippen LogP contribution is -2.43. The summed E-state index contributed by atoms with van der Waals surface area (Å²) in [5, 5.41) is 10.0. The fraction of sp³-hybridized carbons (Fsp3) is 0.529. The van der Waals surface area contributed by atoms with E-state index in [1.54, 1.807) is 22.7 Å². The standard InChI is InChI=1S/C17H26N4S2.HI/c1-6-18-16(19-10-14-12(2)21-13(3)23-14)20-11-17(4,5)15-8-7-9-22-15;/h7-9H,6,10-11H2,1-5H3,(H2,18,19,20);1H. The topological polar surface area (TPSA) is 49.3 Å². The van der Waals surface area contributed by atoms with Gasteiger partial charge in [0.1, 0.15) is 0 Å². The molecular weight excluding hydrogens is 451 g/mol. The van der Waals surface area contributed by atoms with Crippen LogP contribution in [0.15, 0.2) is 22.5 Å². The van der Waals surface area contributed by atoms with E-state index in [0.29, 0.717) is 6.54 Å². The van der Waals surface area contributed by atoms with E-state index in [1.165, 1.54) is 9.75 Å². The third-order valence-electron chi connectivity index (χ3n) is 3.61. The first-order chi connectivity index (χ1) is 10.9. The first kappa shape index (κ1) is 21.4. The van der Waals surface area contributed by atoms with Crippen LogP contribution in [0.5, 0.6) is 0 Å². The van der Waals surface area contributed by atoms with E-state index in [1.807, 2.05) is 6.92 Å². The van der Waals surface area contributed by atoms with Gasteiger partial charge in [-0.2, -0.15) is 0 Å². The molecule has 134 valence electrons. The summed E-state index contributed by atoms with van der Waals surface area (Å²) in [6.07, 6.45) is 0. The summed E-state index contributed by atoms with van der Waals surface area (Å²) in [7, 11) is 0. The Hall–Kier alpha value is -0.670. The Morgan fingerprint density at radius 3 is 2.58 bits per heavy atom. The first-order valence-electron chi connectivity index (χ1n) is 7.91. The van der Waals surface area contributed by atoms with Gasteiger partial charge in [0.2, 0.25) is 0 Å². The van der Waals surface area contributed by atoms with Crippen LogP contribution in [0.3, 0.4) is 0 Å². The quantitative estimate of drug-likeness (QED) is 0.366. The molecule has 0 fully saturated rings. The summed E-state index contributed by atoms with van der Waals surface area (Å²) < 4.78 is 0. The molecule has 0 aromatic carbocycles. The molecule has 0 aliphatic carbocycles. The molecule has 0 unspecified atom stereocenters. The lowest BCUT2D eigenvalue weighted by molar-refractivity contribution is 0.518. The second-order valence-electron chi connectivity index (χ2n) is 6.15. The van der Waals surface area contributed by atoms with E-state index in [-0.39, 0.29) is 29.4 Å². The molecule has 0 bridgehead atoms. The Morgan fingerprint density at radius 1 is 1.29 bits per heavy atom. The van der Waals surface area contributed by atoms with Gasteiger partial charge in [0.15, 0.2) is 5.96 Å². The summed E-state index contributed by atoms with van der Waals surface area (Å²) in [6.45, 7) is 13.1. The monoisotopic (exact) mass is 478 g/mol. The molecule has 0 atom stereocenters. The highest BCUT2D eigenvalue weighted by molar-refractivity contribution is 14.0. The number of rotatable bonds is 6. The van der Waals surface area contributed by atoms with E-state index in [4.69, 9.17) is 4.99 Å². The highest BCUT2D eigenvalue weighted by Crippen LogP contribution is 2.26. The number of nitrogens with one attached hydrogen (secondary N) is 2. The molecule has 24 heavy (non-hydrogen) atoms. The zero-order valence-corrected chi connectivity index (χ0v) is 18.9. The van der Waals surface area contributed by atoms with Gasteiger partial charge < -0.3 is 10.6 Å². The number of aliphatic imine (C=N–C) groups is 1. The van der Waals surface area contributed by atoms with E-state index in [2.05, 4.69) is 60.8 Å². The van der Waals surface area contributed by atoms with E-state index in [0.717, 1.165) is 29.8 Å². The minimum Gasteiger partial charge on any atom is -0.357 e. The van der Waals surface area contributed by atoms with Crippen LogP contribution in [0.25, 0.3) is 0 Å². The lowest BCUT2D eigenvalue weighted by Gasteiger charge is -2.25. The van der Waals surface area contributed by atoms with Crippen molar-refractivity contribution in [3.05, 3.63) is 38.0 Å². The van der Waals surface area contributed by atoms with Gasteiger partial charge in [-0.25, -0.2) is 9.98 Å². The van der Waals surface area contributed by atoms with Gasteiger partial charge in [-0.15, -0.1) is 46.7 Å². The van der Waals surface area contributed by atoms with E-state index >= 15 is 0 Å². The molecular formula is C17H27IN4S2. The lowest BCUT2D eigenvalue weighted by atomic mass is 9.91. The van der Waals surface area contributed by atoms with Crippen molar-refractivity contribution in [2.45, 2.75) is 46.6 Å². The normalized spacial score (nSPS) is 12.0. The Morgan fingerprint density at radius 2 is 2.04 bits per heavy atom. The van der Waals surface area contributed by atoms with Crippen LogP contribution in [0.2, 0.25) is 0 Å². The molecule has 0 radical (unpaired) electrons. The number of nitrogens with zero attached hydrogens (tertiary/aromatic N) is 2. The van der Waals surface area contributed by atoms with Gasteiger partial charge in [-0.05, 0) is 32.2 Å². The largest absolute Gasteiger partial charge is 0.357 e. The predicted octanol–water partition coefficient (Wildman–Crippen LogP) is 4.47. The molecule has 4 nitrogen and oxygen atoms in total. The van der Waals surface area contributed by atoms with Crippen LogP contribution >= 0.6 is 46.7 Å². The Kier molecular flexibility index (Phi) is 8.66. The zero-order chi connectivity index (χ0) is 16.9. The van der Waals surface area contributed by atoms with Crippen LogP contribution in [0, 0.1) is 13.8 Å². The van der Waals surface area contributed by atoms with Gasteiger partial charge in [0.05, 0.1) is 17.2 Å². The molecule has 0 spiro atoms. The number of hydrogen-bond acceptors (Lipinski definition) is 4. The summed E-state index contributed by atoms with van der Waals surface area (Å²) in [5.74, 6) is 0.864. The summed E-state index contributed by atoms with van der Waals surface area (Å²) in [6, 6.07) is 4.30. The SMILES string of the molecule is CCNC(=NCc1sc(C)nc1C)NCC(C)(C)c1cccs1.I. The molecule has 0 saturated heterocycles. The fourth-order valence-corrected chi connectivity index (χ4v) is 3.98. The van der Waals surface area contributed by atoms with Crippen molar-refractivity contribution in [2.75, 3.05) is 13.1 Å². The fourth-order valence-electron chi connectivity index (χ4n) is 2.27. The minimum absolute atomic E-state index is 0. The van der Waals surface area contributed by atoms with Crippen LogP contribution in [0.1, 0.15) is 41.2 Å². The van der Waals surface area contributed by atoms with E-state index < -0.39 is 0 Å². The van der Waals surface area contributed by atoms with Crippen molar-refractivity contribution in [1.82, 2.24) is 15.6 Å². The second kappa shape index (κ2) is 9.72. The summed E-state index contributed by atoms with van der Waals surface area (Å²) >= 11 is 3.53. The van der Waals surface area contributed by atoms with E-state index in [9.17, 15) is 0 Å². The molecule has 2 N–H and O–H groups in total. The predicted molar refractivity (Wildman–Crippen MR) is 117 cm³/mol. The highest BCUT2D eigenvalue weighted by Gasteiger charge is 2.21. The van der Waals surface area contributed by atoms with Gasteiger partial charge in [0, 0.05) is 28.3 Å². The van der Waals surface area contributed by atoms with Crippen molar-refractivity contribution >= 4 is 52.6 Å². The summed E-state index contributed by atoms with van der Waals surface area (Å²) in [4.78, 5) is 11.8. The molecule has 2 heterocycles. The van der Waals surface area contributed by atoms with Crippen LogP contribution in [0.4, 0.5) is 0 Å². The van der Waals surface area contributed by atoms with Crippen molar-refractivity contribution in [1.29, 1.82) is 0 Å². The number of aryl methyl sites for hydroxylation is 2. The highest BCUT2D eigenvalue weighted by atomic mass is 127. The van der Waals surface area contributed by atoms with Gasteiger partial charge in [0.25, 0.3) is 0 Å². The van der Waals surface area contributed by atoms with Gasteiger partial charge in [-0.1, -0.05) is 19.9 Å². The molecule has 0 aliphatic heterocycles. The molecule has 2 rings (SSSR count). The Balaban J connectivity index is 0.00000288. The van der Waals surface area contributed by atoms with Crippen LogP contribution in [-0.4, -0.2) is 24.0 Å². The maximum Gasteiger partial charge on any atom is 0.191 e. The van der Waals surface area contributed by atoms with Crippen molar-refractivity contribution in [3.63, 3.8) is 0 Å². The van der Waals surface area contributed by atoms with Gasteiger partial charge in [-0.3, -0.25) is 0 Å². The van der Waals surface area contributed by atoms with Crippen LogP contribution < -0.4 is 10.6 Å². The van der Waals surface area contributed by atoms with Crippen LogP contribution in [-0.2, 0) is 12.0 Å². The maximum atomic E-state index is 4.71. The number of aromatic nitrogens is 1. The molecule has 2 aromatic rings. The number of hydrogen-bond donors (Lipinski definition) is 2. The molecule has 0 amide bonds. The second-order valence-corrected chi connectivity index (χ2v) is 8.39. The van der Waals surface area contributed by atoms with Crippen molar-refractivity contribution in [2.24, 2.45) is 4.99 Å².